The van der Waals surface area contributed by atoms with Gasteiger partial charge in [0, 0.05) is 24.0 Å². The lowest BCUT2D eigenvalue weighted by molar-refractivity contribution is 0.298. The van der Waals surface area contributed by atoms with E-state index in [1.54, 1.807) is 0 Å². The SMILES string of the molecule is CCCCOc1cc(CNC2CC2)c2ccccc2n1. The summed E-state index contributed by atoms with van der Waals surface area (Å²) in [5.41, 5.74) is 2.31. The summed E-state index contributed by atoms with van der Waals surface area (Å²) < 4.78 is 5.78. The van der Waals surface area contributed by atoms with Gasteiger partial charge in [-0.15, -0.1) is 0 Å². The summed E-state index contributed by atoms with van der Waals surface area (Å²) in [4.78, 5) is 4.60. The van der Waals surface area contributed by atoms with Crippen LogP contribution in [0.2, 0.25) is 0 Å². The van der Waals surface area contributed by atoms with Gasteiger partial charge in [-0.05, 0) is 30.9 Å². The summed E-state index contributed by atoms with van der Waals surface area (Å²) >= 11 is 0. The molecule has 0 spiro atoms. The Balaban J connectivity index is 1.83. The van der Waals surface area contributed by atoms with E-state index in [0.717, 1.165) is 37.4 Å². The molecule has 0 amide bonds. The van der Waals surface area contributed by atoms with E-state index in [0.29, 0.717) is 6.04 Å². The Kier molecular flexibility index (Phi) is 4.16. The lowest BCUT2D eigenvalue weighted by atomic mass is 10.1. The summed E-state index contributed by atoms with van der Waals surface area (Å²) in [5.74, 6) is 0.754. The molecule has 1 N–H and O–H groups in total. The van der Waals surface area contributed by atoms with Gasteiger partial charge in [-0.25, -0.2) is 4.98 Å². The fourth-order valence-corrected chi connectivity index (χ4v) is 2.30. The molecule has 1 aliphatic carbocycles. The molecular formula is C17H22N2O. The number of nitrogens with one attached hydrogen (secondary N) is 1. The zero-order valence-corrected chi connectivity index (χ0v) is 12.1. The van der Waals surface area contributed by atoms with E-state index in [1.165, 1.54) is 23.8 Å². The molecule has 1 fully saturated rings. The van der Waals surface area contributed by atoms with E-state index in [4.69, 9.17) is 4.74 Å². The van der Waals surface area contributed by atoms with Crippen molar-refractivity contribution in [3.8, 4) is 5.88 Å². The Morgan fingerprint density at radius 3 is 2.95 bits per heavy atom. The highest BCUT2D eigenvalue weighted by Gasteiger charge is 2.20. The van der Waals surface area contributed by atoms with Crippen molar-refractivity contribution in [2.45, 2.75) is 45.2 Å². The Hall–Kier alpha value is -1.61. The van der Waals surface area contributed by atoms with Gasteiger partial charge in [0.2, 0.25) is 5.88 Å². The predicted octanol–water partition coefficient (Wildman–Crippen LogP) is 3.67. The van der Waals surface area contributed by atoms with Crippen LogP contribution < -0.4 is 10.1 Å². The maximum atomic E-state index is 5.78. The molecule has 0 saturated heterocycles. The second-order valence-electron chi connectivity index (χ2n) is 5.49. The molecule has 1 aliphatic rings. The smallest absolute Gasteiger partial charge is 0.214 e. The van der Waals surface area contributed by atoms with E-state index < -0.39 is 0 Å². The van der Waals surface area contributed by atoms with Crippen LogP contribution in [0.15, 0.2) is 30.3 Å². The number of rotatable bonds is 7. The quantitative estimate of drug-likeness (QED) is 0.780. The largest absolute Gasteiger partial charge is 0.478 e. The predicted molar refractivity (Wildman–Crippen MR) is 82.0 cm³/mol. The van der Waals surface area contributed by atoms with Crippen molar-refractivity contribution in [1.29, 1.82) is 0 Å². The normalized spacial score (nSPS) is 14.7. The van der Waals surface area contributed by atoms with Gasteiger partial charge in [0.25, 0.3) is 0 Å². The molecule has 3 nitrogen and oxygen atoms in total. The molecular weight excluding hydrogens is 248 g/mol. The van der Waals surface area contributed by atoms with Gasteiger partial charge in [-0.3, -0.25) is 0 Å². The minimum Gasteiger partial charge on any atom is -0.478 e. The standard InChI is InChI=1S/C17H22N2O/c1-2-3-10-20-17-11-13(12-18-14-8-9-14)15-6-4-5-7-16(15)19-17/h4-7,11,14,18H,2-3,8-10,12H2,1H3. The third kappa shape index (κ3) is 3.28. The summed E-state index contributed by atoms with van der Waals surface area (Å²) in [6, 6.07) is 11.1. The van der Waals surface area contributed by atoms with Crippen LogP contribution in [0.3, 0.4) is 0 Å². The molecule has 20 heavy (non-hydrogen) atoms. The van der Waals surface area contributed by atoms with Crippen LogP contribution in [0, 0.1) is 0 Å². The van der Waals surface area contributed by atoms with Crippen molar-refractivity contribution < 1.29 is 4.74 Å². The van der Waals surface area contributed by atoms with Gasteiger partial charge in [-0.1, -0.05) is 31.5 Å². The highest BCUT2D eigenvalue weighted by Crippen LogP contribution is 2.24. The van der Waals surface area contributed by atoms with Gasteiger partial charge in [0.05, 0.1) is 12.1 Å². The molecule has 106 valence electrons. The van der Waals surface area contributed by atoms with Crippen molar-refractivity contribution in [3.63, 3.8) is 0 Å². The first kappa shape index (κ1) is 13.4. The van der Waals surface area contributed by atoms with Gasteiger partial charge in [0.1, 0.15) is 0 Å². The van der Waals surface area contributed by atoms with Crippen molar-refractivity contribution >= 4 is 10.9 Å². The highest BCUT2D eigenvalue weighted by atomic mass is 16.5. The Bertz CT molecular complexity index is 578. The number of para-hydroxylation sites is 1. The third-order valence-corrected chi connectivity index (χ3v) is 3.68. The maximum absolute atomic E-state index is 5.78. The van der Waals surface area contributed by atoms with Crippen LogP contribution in [0.25, 0.3) is 10.9 Å². The summed E-state index contributed by atoms with van der Waals surface area (Å²) in [5, 5.41) is 4.80. The summed E-state index contributed by atoms with van der Waals surface area (Å²) in [6.07, 6.45) is 4.83. The van der Waals surface area contributed by atoms with Crippen LogP contribution in [0.4, 0.5) is 0 Å². The lowest BCUT2D eigenvalue weighted by Crippen LogP contribution is -2.15. The first-order chi connectivity index (χ1) is 9.86. The van der Waals surface area contributed by atoms with E-state index in [-0.39, 0.29) is 0 Å². The van der Waals surface area contributed by atoms with Crippen LogP contribution in [0.5, 0.6) is 5.88 Å². The molecule has 2 aromatic rings. The first-order valence-electron chi connectivity index (χ1n) is 7.61. The average molecular weight is 270 g/mol. The number of nitrogens with zero attached hydrogens (tertiary/aromatic N) is 1. The van der Waals surface area contributed by atoms with Crippen LogP contribution >= 0.6 is 0 Å². The van der Waals surface area contributed by atoms with Crippen LogP contribution in [0.1, 0.15) is 38.2 Å². The molecule has 0 unspecified atom stereocenters. The maximum Gasteiger partial charge on any atom is 0.214 e. The van der Waals surface area contributed by atoms with Gasteiger partial charge in [0.15, 0.2) is 0 Å². The number of pyridine rings is 1. The molecule has 0 atom stereocenters. The summed E-state index contributed by atoms with van der Waals surface area (Å²) in [7, 11) is 0. The van der Waals surface area contributed by atoms with E-state index in [1.807, 2.05) is 6.07 Å². The molecule has 0 radical (unpaired) electrons. The second-order valence-corrected chi connectivity index (χ2v) is 5.49. The Morgan fingerprint density at radius 1 is 1.30 bits per heavy atom. The number of ether oxygens (including phenoxy) is 1. The highest BCUT2D eigenvalue weighted by molar-refractivity contribution is 5.82. The first-order valence-corrected chi connectivity index (χ1v) is 7.61. The second kappa shape index (κ2) is 6.23. The molecule has 3 heteroatoms. The number of aromatic nitrogens is 1. The fraction of sp³-hybridized carbons (Fsp3) is 0.471. The number of hydrogen-bond donors (Lipinski definition) is 1. The molecule has 1 heterocycles. The van der Waals surface area contributed by atoms with E-state index >= 15 is 0 Å². The van der Waals surface area contributed by atoms with E-state index in [9.17, 15) is 0 Å². The van der Waals surface area contributed by atoms with Crippen molar-refractivity contribution in [1.82, 2.24) is 10.3 Å². The molecule has 0 bridgehead atoms. The van der Waals surface area contributed by atoms with Gasteiger partial charge < -0.3 is 10.1 Å². The molecule has 1 aromatic carbocycles. The fourth-order valence-electron chi connectivity index (χ4n) is 2.30. The molecule has 1 saturated carbocycles. The Morgan fingerprint density at radius 2 is 2.15 bits per heavy atom. The zero-order chi connectivity index (χ0) is 13.8. The number of hydrogen-bond acceptors (Lipinski definition) is 3. The number of benzene rings is 1. The molecule has 1 aromatic heterocycles. The lowest BCUT2D eigenvalue weighted by Gasteiger charge is -2.11. The van der Waals surface area contributed by atoms with Gasteiger partial charge >= 0.3 is 0 Å². The van der Waals surface area contributed by atoms with Crippen molar-refractivity contribution in [3.05, 3.63) is 35.9 Å². The topological polar surface area (TPSA) is 34.1 Å². The van der Waals surface area contributed by atoms with Crippen molar-refractivity contribution in [2.75, 3.05) is 6.61 Å². The van der Waals surface area contributed by atoms with Crippen LogP contribution in [-0.2, 0) is 6.54 Å². The average Bonchev–Trinajstić information content (AvgIpc) is 3.29. The minimum absolute atomic E-state index is 0.714. The number of unbranched alkanes of at least 4 members (excludes halogenated alkanes) is 1. The minimum atomic E-state index is 0.714. The van der Waals surface area contributed by atoms with E-state index in [2.05, 4.69) is 41.5 Å². The van der Waals surface area contributed by atoms with Crippen molar-refractivity contribution in [2.24, 2.45) is 0 Å². The zero-order valence-electron chi connectivity index (χ0n) is 12.1. The Labute approximate surface area is 120 Å². The van der Waals surface area contributed by atoms with Crippen LogP contribution in [-0.4, -0.2) is 17.6 Å². The van der Waals surface area contributed by atoms with Gasteiger partial charge in [-0.2, -0.15) is 0 Å². The monoisotopic (exact) mass is 270 g/mol. The molecule has 3 rings (SSSR count). The molecule has 0 aliphatic heterocycles. The number of fused-ring (bicyclic) bond motifs is 1. The third-order valence-electron chi connectivity index (χ3n) is 3.68. The summed E-state index contributed by atoms with van der Waals surface area (Å²) in [6.45, 7) is 3.82.